The van der Waals surface area contributed by atoms with E-state index in [1.807, 2.05) is 54.6 Å². The third kappa shape index (κ3) is 3.90. The summed E-state index contributed by atoms with van der Waals surface area (Å²) in [4.78, 5) is 18.8. The number of thiazole rings is 1. The number of ether oxygens (including phenoxy) is 2. The van der Waals surface area contributed by atoms with Crippen LogP contribution in [0.2, 0.25) is 0 Å². The largest absolute Gasteiger partial charge is 0.484 e. The summed E-state index contributed by atoms with van der Waals surface area (Å²) in [7, 11) is 1.61. The lowest BCUT2D eigenvalue weighted by Gasteiger charge is -2.19. The second kappa shape index (κ2) is 7.90. The lowest BCUT2D eigenvalue weighted by molar-refractivity contribution is -0.120. The zero-order chi connectivity index (χ0) is 16.8. The molecular formula is C18H18N2O3S. The summed E-state index contributed by atoms with van der Waals surface area (Å²) in [6.45, 7) is 0.837. The quantitative estimate of drug-likeness (QED) is 0.661. The Morgan fingerprint density at radius 3 is 2.62 bits per heavy atom. The molecular weight excluding hydrogens is 324 g/mol. The Balaban J connectivity index is 1.76. The van der Waals surface area contributed by atoms with Crippen LogP contribution in [0, 0.1) is 0 Å². The number of carbonyl (C=O) groups excluding carboxylic acids is 1. The predicted molar refractivity (Wildman–Crippen MR) is 95.8 cm³/mol. The van der Waals surface area contributed by atoms with Gasteiger partial charge in [-0.05, 0) is 24.3 Å². The van der Waals surface area contributed by atoms with Crippen molar-refractivity contribution in [2.75, 3.05) is 31.8 Å². The van der Waals surface area contributed by atoms with E-state index >= 15 is 0 Å². The van der Waals surface area contributed by atoms with Gasteiger partial charge in [0.15, 0.2) is 11.7 Å². The highest BCUT2D eigenvalue weighted by atomic mass is 32.1. The van der Waals surface area contributed by atoms with Crippen LogP contribution in [0.5, 0.6) is 5.75 Å². The van der Waals surface area contributed by atoms with E-state index in [1.165, 1.54) is 11.3 Å². The number of benzene rings is 2. The van der Waals surface area contributed by atoms with Crippen molar-refractivity contribution in [3.63, 3.8) is 0 Å². The standard InChI is InChI=1S/C18H18N2O3S/c1-22-12-11-20(17(21)13-23-14-7-3-2-4-8-14)18-19-15-9-5-6-10-16(15)24-18/h2-10H,11-13H2,1H3. The molecule has 3 aromatic rings. The Hall–Kier alpha value is -2.44. The van der Waals surface area contributed by atoms with Crippen LogP contribution in [-0.2, 0) is 9.53 Å². The zero-order valence-electron chi connectivity index (χ0n) is 13.3. The van der Waals surface area contributed by atoms with E-state index in [2.05, 4.69) is 4.98 Å². The summed E-state index contributed by atoms with van der Waals surface area (Å²) in [5, 5.41) is 0.662. The molecule has 24 heavy (non-hydrogen) atoms. The Kier molecular flexibility index (Phi) is 5.40. The highest BCUT2D eigenvalue weighted by Gasteiger charge is 2.20. The van der Waals surface area contributed by atoms with Gasteiger partial charge in [0, 0.05) is 7.11 Å². The molecule has 0 aliphatic carbocycles. The van der Waals surface area contributed by atoms with Gasteiger partial charge in [0.05, 0.1) is 23.4 Å². The van der Waals surface area contributed by atoms with E-state index in [4.69, 9.17) is 9.47 Å². The molecule has 0 atom stereocenters. The van der Waals surface area contributed by atoms with Gasteiger partial charge in [-0.25, -0.2) is 4.98 Å². The fourth-order valence-corrected chi connectivity index (χ4v) is 3.23. The van der Waals surface area contributed by atoms with Crippen molar-refractivity contribution in [1.29, 1.82) is 0 Å². The van der Waals surface area contributed by atoms with Crippen molar-refractivity contribution in [2.24, 2.45) is 0 Å². The van der Waals surface area contributed by atoms with Crippen LogP contribution in [-0.4, -0.2) is 37.8 Å². The van der Waals surface area contributed by atoms with Gasteiger partial charge in [0.2, 0.25) is 0 Å². The van der Waals surface area contributed by atoms with Crippen molar-refractivity contribution >= 4 is 32.6 Å². The molecule has 6 heteroatoms. The number of nitrogens with zero attached hydrogens (tertiary/aromatic N) is 2. The van der Waals surface area contributed by atoms with Crippen LogP contribution in [0.25, 0.3) is 10.2 Å². The summed E-state index contributed by atoms with van der Waals surface area (Å²) in [5.74, 6) is 0.525. The molecule has 0 saturated carbocycles. The molecule has 124 valence electrons. The second-order valence-electron chi connectivity index (χ2n) is 5.10. The number of rotatable bonds is 7. The maximum absolute atomic E-state index is 12.6. The van der Waals surface area contributed by atoms with E-state index in [0.717, 1.165) is 10.2 Å². The van der Waals surface area contributed by atoms with Crippen molar-refractivity contribution in [3.8, 4) is 5.75 Å². The van der Waals surface area contributed by atoms with E-state index in [-0.39, 0.29) is 12.5 Å². The lowest BCUT2D eigenvalue weighted by Crippen LogP contribution is -2.37. The third-order valence-corrected chi connectivity index (χ3v) is 4.50. The molecule has 2 aromatic carbocycles. The van der Waals surface area contributed by atoms with Crippen LogP contribution in [0.4, 0.5) is 5.13 Å². The number of fused-ring (bicyclic) bond motifs is 1. The molecule has 0 bridgehead atoms. The smallest absolute Gasteiger partial charge is 0.266 e. The van der Waals surface area contributed by atoms with Gasteiger partial charge in [-0.2, -0.15) is 0 Å². The van der Waals surface area contributed by atoms with Gasteiger partial charge < -0.3 is 9.47 Å². The molecule has 1 amide bonds. The van der Waals surface area contributed by atoms with Crippen molar-refractivity contribution in [3.05, 3.63) is 54.6 Å². The number of hydrogen-bond acceptors (Lipinski definition) is 5. The molecule has 5 nitrogen and oxygen atoms in total. The minimum absolute atomic E-state index is 0.0380. The van der Waals surface area contributed by atoms with Crippen molar-refractivity contribution < 1.29 is 14.3 Å². The first-order valence-electron chi connectivity index (χ1n) is 7.60. The number of methoxy groups -OCH3 is 1. The van der Waals surface area contributed by atoms with Crippen LogP contribution >= 0.6 is 11.3 Å². The molecule has 0 saturated heterocycles. The molecule has 1 heterocycles. The fourth-order valence-electron chi connectivity index (χ4n) is 2.22. The number of aromatic nitrogens is 1. The Morgan fingerprint density at radius 1 is 1.12 bits per heavy atom. The van der Waals surface area contributed by atoms with E-state index in [1.54, 1.807) is 12.0 Å². The molecule has 0 aliphatic rings. The van der Waals surface area contributed by atoms with Gasteiger partial charge >= 0.3 is 0 Å². The number of amides is 1. The zero-order valence-corrected chi connectivity index (χ0v) is 14.2. The molecule has 0 radical (unpaired) electrons. The average Bonchev–Trinajstić information content (AvgIpc) is 3.05. The molecule has 0 aliphatic heterocycles. The van der Waals surface area contributed by atoms with Gasteiger partial charge in [-0.3, -0.25) is 9.69 Å². The molecule has 0 N–H and O–H groups in total. The summed E-state index contributed by atoms with van der Waals surface area (Å²) < 4.78 is 11.7. The number of hydrogen-bond donors (Lipinski definition) is 0. The maximum atomic E-state index is 12.6. The van der Waals surface area contributed by atoms with Gasteiger partial charge in [0.25, 0.3) is 5.91 Å². The van der Waals surface area contributed by atoms with Gasteiger partial charge in [-0.15, -0.1) is 0 Å². The lowest BCUT2D eigenvalue weighted by atomic mass is 10.3. The molecule has 3 rings (SSSR count). The minimum Gasteiger partial charge on any atom is -0.484 e. The highest BCUT2D eigenvalue weighted by molar-refractivity contribution is 7.22. The van der Waals surface area contributed by atoms with Crippen LogP contribution < -0.4 is 9.64 Å². The highest BCUT2D eigenvalue weighted by Crippen LogP contribution is 2.28. The van der Waals surface area contributed by atoms with Crippen LogP contribution in [0.15, 0.2) is 54.6 Å². The van der Waals surface area contributed by atoms with Gasteiger partial charge in [0.1, 0.15) is 5.75 Å². The summed E-state index contributed by atoms with van der Waals surface area (Å²) in [5.41, 5.74) is 0.886. The van der Waals surface area contributed by atoms with E-state index in [9.17, 15) is 4.79 Å². The first-order chi connectivity index (χ1) is 11.8. The van der Waals surface area contributed by atoms with E-state index < -0.39 is 0 Å². The summed E-state index contributed by atoms with van der Waals surface area (Å²) >= 11 is 1.49. The summed E-state index contributed by atoms with van der Waals surface area (Å²) in [6.07, 6.45) is 0. The molecule has 0 spiro atoms. The minimum atomic E-state index is -0.144. The van der Waals surface area contributed by atoms with Crippen molar-refractivity contribution in [1.82, 2.24) is 4.98 Å². The Labute approximate surface area is 144 Å². The third-order valence-electron chi connectivity index (χ3n) is 3.44. The summed E-state index contributed by atoms with van der Waals surface area (Å²) in [6, 6.07) is 17.1. The number of anilines is 1. The fraction of sp³-hybridized carbons (Fsp3) is 0.222. The monoisotopic (exact) mass is 342 g/mol. The van der Waals surface area contributed by atoms with Crippen molar-refractivity contribution in [2.45, 2.75) is 0 Å². The van der Waals surface area contributed by atoms with E-state index in [0.29, 0.717) is 24.0 Å². The Bertz CT molecular complexity index is 771. The normalized spacial score (nSPS) is 10.7. The van der Waals surface area contributed by atoms with Crippen LogP contribution in [0.3, 0.4) is 0 Å². The predicted octanol–water partition coefficient (Wildman–Crippen LogP) is 3.35. The maximum Gasteiger partial charge on any atom is 0.266 e. The second-order valence-corrected chi connectivity index (χ2v) is 6.11. The number of para-hydroxylation sites is 2. The van der Waals surface area contributed by atoms with Gasteiger partial charge in [-0.1, -0.05) is 41.7 Å². The van der Waals surface area contributed by atoms with Crippen LogP contribution in [0.1, 0.15) is 0 Å². The SMILES string of the molecule is COCCN(C(=O)COc1ccccc1)c1nc2ccccc2s1. The first-order valence-corrected chi connectivity index (χ1v) is 8.42. The molecule has 1 aromatic heterocycles. The molecule has 0 fully saturated rings. The number of carbonyl (C=O) groups is 1. The molecule has 0 unspecified atom stereocenters. The Morgan fingerprint density at radius 2 is 1.88 bits per heavy atom. The topological polar surface area (TPSA) is 51.7 Å². The first kappa shape index (κ1) is 16.4. The average molecular weight is 342 g/mol.